The molecule has 1 rings (SSSR count). The fourth-order valence-corrected chi connectivity index (χ4v) is 1.07. The van der Waals surface area contributed by atoms with Crippen LogP contribution in [0.15, 0.2) is 10.2 Å². The molecule has 1 aliphatic rings. The van der Waals surface area contributed by atoms with Crippen LogP contribution in [0.5, 0.6) is 0 Å². The van der Waals surface area contributed by atoms with E-state index in [2.05, 4.69) is 10.2 Å². The van der Waals surface area contributed by atoms with Gasteiger partial charge in [0.05, 0.1) is 12.1 Å². The first kappa shape index (κ1) is 9.14. The fourth-order valence-electron chi connectivity index (χ4n) is 1.07. The number of hydrogen-bond acceptors (Lipinski definition) is 5. The summed E-state index contributed by atoms with van der Waals surface area (Å²) >= 11 is 0. The number of nitrogens with zero attached hydrogens (tertiary/aromatic N) is 4. The van der Waals surface area contributed by atoms with Crippen LogP contribution in [0.2, 0.25) is 0 Å². The molecular weight excluding hydrogens is 172 g/mol. The zero-order chi connectivity index (χ0) is 10.1. The summed E-state index contributed by atoms with van der Waals surface area (Å²) in [5, 5.41) is 32.8. The number of rotatable bonds is 3. The lowest BCUT2D eigenvalue weighted by atomic mass is 9.78. The van der Waals surface area contributed by atoms with Crippen LogP contribution in [0.4, 0.5) is 0 Å². The SMILES string of the molecule is CCC(C#N)(C#N)C1(C(=O)O)N=N1. The normalized spacial score (nSPS) is 17.2. The molecule has 0 amide bonds. The maximum Gasteiger partial charge on any atom is 0.361 e. The number of hydrogen-bond donors (Lipinski definition) is 1. The first-order valence-electron chi connectivity index (χ1n) is 3.58. The molecule has 1 heterocycles. The van der Waals surface area contributed by atoms with Crippen LogP contribution in [-0.4, -0.2) is 16.7 Å². The van der Waals surface area contributed by atoms with Gasteiger partial charge < -0.3 is 5.11 Å². The Hall–Kier alpha value is -1.95. The maximum atomic E-state index is 10.7. The van der Waals surface area contributed by atoms with Gasteiger partial charge in [-0.1, -0.05) is 6.92 Å². The van der Waals surface area contributed by atoms with E-state index in [0.717, 1.165) is 0 Å². The van der Waals surface area contributed by atoms with Gasteiger partial charge in [-0.3, -0.25) is 0 Å². The molecule has 0 bridgehead atoms. The summed E-state index contributed by atoms with van der Waals surface area (Å²) in [5.41, 5.74) is -3.51. The summed E-state index contributed by atoms with van der Waals surface area (Å²) in [7, 11) is 0. The van der Waals surface area contributed by atoms with Gasteiger partial charge in [-0.2, -0.15) is 10.5 Å². The topological polar surface area (TPSA) is 110 Å². The summed E-state index contributed by atoms with van der Waals surface area (Å²) in [4.78, 5) is 10.7. The molecular formula is C7H6N4O2. The monoisotopic (exact) mass is 178 g/mol. The molecule has 0 unspecified atom stereocenters. The number of nitriles is 2. The molecule has 0 atom stereocenters. The van der Waals surface area contributed by atoms with Crippen LogP contribution < -0.4 is 0 Å². The van der Waals surface area contributed by atoms with E-state index in [1.54, 1.807) is 19.1 Å². The molecule has 0 aliphatic carbocycles. The van der Waals surface area contributed by atoms with E-state index in [1.165, 1.54) is 0 Å². The average molecular weight is 178 g/mol. The Bertz CT molecular complexity index is 340. The lowest BCUT2D eigenvalue weighted by Crippen LogP contribution is -2.42. The van der Waals surface area contributed by atoms with E-state index in [9.17, 15) is 4.79 Å². The lowest BCUT2D eigenvalue weighted by molar-refractivity contribution is -0.142. The van der Waals surface area contributed by atoms with E-state index in [0.29, 0.717) is 0 Å². The van der Waals surface area contributed by atoms with E-state index >= 15 is 0 Å². The Balaban J connectivity index is 3.12. The van der Waals surface area contributed by atoms with Crippen molar-refractivity contribution < 1.29 is 9.90 Å². The Morgan fingerprint density at radius 1 is 1.54 bits per heavy atom. The molecule has 6 heteroatoms. The van der Waals surface area contributed by atoms with Crippen molar-refractivity contribution in [1.29, 1.82) is 10.5 Å². The van der Waals surface area contributed by atoms with E-state index in [1.807, 2.05) is 0 Å². The Labute approximate surface area is 74.1 Å². The summed E-state index contributed by atoms with van der Waals surface area (Å²) in [6.45, 7) is 1.56. The van der Waals surface area contributed by atoms with Crippen LogP contribution in [-0.2, 0) is 4.79 Å². The van der Waals surface area contributed by atoms with E-state index in [4.69, 9.17) is 15.6 Å². The molecule has 0 fully saturated rings. The second-order valence-corrected chi connectivity index (χ2v) is 2.66. The molecule has 0 radical (unpaired) electrons. The maximum absolute atomic E-state index is 10.7. The first-order chi connectivity index (χ1) is 6.08. The van der Waals surface area contributed by atoms with Crippen LogP contribution in [0.3, 0.4) is 0 Å². The van der Waals surface area contributed by atoms with Crippen LogP contribution in [0.1, 0.15) is 13.3 Å². The van der Waals surface area contributed by atoms with Crippen molar-refractivity contribution in [2.24, 2.45) is 15.6 Å². The van der Waals surface area contributed by atoms with Crippen molar-refractivity contribution in [3.8, 4) is 12.1 Å². The minimum absolute atomic E-state index is 0.0826. The van der Waals surface area contributed by atoms with Gasteiger partial charge >= 0.3 is 11.6 Å². The predicted molar refractivity (Wildman–Crippen MR) is 39.2 cm³/mol. The molecule has 0 aromatic rings. The average Bonchev–Trinajstić information content (AvgIpc) is 2.90. The first-order valence-corrected chi connectivity index (χ1v) is 3.58. The van der Waals surface area contributed by atoms with Crippen molar-refractivity contribution >= 4 is 5.97 Å². The molecule has 0 aromatic heterocycles. The molecule has 1 N–H and O–H groups in total. The third kappa shape index (κ3) is 0.890. The van der Waals surface area contributed by atoms with Gasteiger partial charge in [-0.15, -0.1) is 10.2 Å². The van der Waals surface area contributed by atoms with Gasteiger partial charge in [-0.05, 0) is 6.42 Å². The van der Waals surface area contributed by atoms with Crippen LogP contribution >= 0.6 is 0 Å². The lowest BCUT2D eigenvalue weighted by Gasteiger charge is -2.18. The number of aliphatic carboxylic acids is 1. The zero-order valence-corrected chi connectivity index (χ0v) is 6.85. The highest BCUT2D eigenvalue weighted by Gasteiger charge is 2.66. The molecule has 6 nitrogen and oxygen atoms in total. The molecule has 66 valence electrons. The van der Waals surface area contributed by atoms with E-state index in [-0.39, 0.29) is 6.42 Å². The Morgan fingerprint density at radius 3 is 2.08 bits per heavy atom. The number of carboxylic acids is 1. The third-order valence-electron chi connectivity index (χ3n) is 2.11. The zero-order valence-electron chi connectivity index (χ0n) is 6.85. The van der Waals surface area contributed by atoms with Gasteiger partial charge in [0, 0.05) is 0 Å². The molecule has 0 aromatic carbocycles. The highest BCUT2D eigenvalue weighted by molar-refractivity contribution is 5.83. The predicted octanol–water partition coefficient (Wildman–Crippen LogP) is 0.677. The Kier molecular flexibility index (Phi) is 1.78. The van der Waals surface area contributed by atoms with Crippen LogP contribution in [0.25, 0.3) is 0 Å². The summed E-state index contributed by atoms with van der Waals surface area (Å²) in [6.07, 6.45) is 0.0826. The van der Waals surface area contributed by atoms with Crippen LogP contribution in [0, 0.1) is 28.1 Å². The highest BCUT2D eigenvalue weighted by Crippen LogP contribution is 2.47. The summed E-state index contributed by atoms with van der Waals surface area (Å²) in [6, 6.07) is 3.34. The van der Waals surface area contributed by atoms with Crippen molar-refractivity contribution in [3.05, 3.63) is 0 Å². The van der Waals surface area contributed by atoms with Gasteiger partial charge in [0.15, 0.2) is 0 Å². The van der Waals surface area contributed by atoms with Crippen molar-refractivity contribution in [1.82, 2.24) is 0 Å². The fraction of sp³-hybridized carbons (Fsp3) is 0.571. The second kappa shape index (κ2) is 2.53. The van der Waals surface area contributed by atoms with Gasteiger partial charge in [-0.25, -0.2) is 4.79 Å². The third-order valence-corrected chi connectivity index (χ3v) is 2.11. The number of carbonyl (C=O) groups is 1. The van der Waals surface area contributed by atoms with Gasteiger partial charge in [0.1, 0.15) is 0 Å². The van der Waals surface area contributed by atoms with Crippen molar-refractivity contribution in [3.63, 3.8) is 0 Å². The van der Waals surface area contributed by atoms with Crippen molar-refractivity contribution in [2.45, 2.75) is 19.0 Å². The van der Waals surface area contributed by atoms with E-state index < -0.39 is 17.0 Å². The van der Waals surface area contributed by atoms with Crippen molar-refractivity contribution in [2.75, 3.05) is 0 Å². The minimum atomic E-state index is -1.84. The Morgan fingerprint density at radius 2 is 2.00 bits per heavy atom. The smallest absolute Gasteiger partial charge is 0.361 e. The summed E-state index contributed by atoms with van der Waals surface area (Å²) < 4.78 is 0. The summed E-state index contributed by atoms with van der Waals surface area (Å²) in [5.74, 6) is -1.35. The van der Waals surface area contributed by atoms with Gasteiger partial charge in [0.25, 0.3) is 0 Å². The number of carboxylic acid groups (broad SMARTS) is 1. The van der Waals surface area contributed by atoms with Gasteiger partial charge in [0.2, 0.25) is 5.41 Å². The standard InChI is InChI=1S/C7H6N4O2/c1-2-6(3-8,4-9)7(5(12)13)10-11-7/h2H2,1H3,(H,12,13). The molecule has 0 saturated carbocycles. The molecule has 1 aliphatic heterocycles. The highest BCUT2D eigenvalue weighted by atomic mass is 16.4. The molecule has 13 heavy (non-hydrogen) atoms. The quantitative estimate of drug-likeness (QED) is 0.684. The second-order valence-electron chi connectivity index (χ2n) is 2.66. The minimum Gasteiger partial charge on any atom is -0.478 e. The largest absolute Gasteiger partial charge is 0.478 e. The molecule has 0 saturated heterocycles. The molecule has 0 spiro atoms.